The predicted molar refractivity (Wildman–Crippen MR) is 88.1 cm³/mol. The monoisotopic (exact) mass is 379 g/mol. The van der Waals surface area contributed by atoms with E-state index in [9.17, 15) is 10.1 Å². The fourth-order valence-corrected chi connectivity index (χ4v) is 2.22. The zero-order chi connectivity index (χ0) is 19.7. The molecule has 1 aliphatic rings. The molecule has 26 heavy (non-hydrogen) atoms. The van der Waals surface area contributed by atoms with Crippen LogP contribution < -0.4 is 4.90 Å². The minimum atomic E-state index is -1.67. The second kappa shape index (κ2) is 11.0. The van der Waals surface area contributed by atoms with Gasteiger partial charge in [-0.2, -0.15) is 0 Å². The summed E-state index contributed by atoms with van der Waals surface area (Å²) in [5.74, 6) is 0.623. The van der Waals surface area contributed by atoms with Crippen LogP contribution >= 0.6 is 0 Å². The molecule has 6 N–H and O–H groups in total. The van der Waals surface area contributed by atoms with Crippen molar-refractivity contribution in [1.82, 2.24) is 4.68 Å². The van der Waals surface area contributed by atoms with Gasteiger partial charge >= 0.3 is 0 Å². The molecule has 1 saturated heterocycles. The second-order valence-corrected chi connectivity index (χ2v) is 5.53. The minimum absolute atomic E-state index is 0.426. The third kappa shape index (κ3) is 6.17. The Kier molecular flexibility index (Phi) is 9.43. The largest absolute Gasteiger partial charge is 0.394 e. The van der Waals surface area contributed by atoms with Gasteiger partial charge in [-0.05, 0) is 12.1 Å². The Bertz CT molecular complexity index is 521. The van der Waals surface area contributed by atoms with E-state index >= 15 is 0 Å². The molecular weight excluding hydrogens is 354 g/mol. The molecule has 0 unspecified atom stereocenters. The second-order valence-electron chi connectivity index (χ2n) is 5.53. The predicted octanol–water partition coefficient (Wildman–Crippen LogP) is -3.22. The number of hydrogen-bond acceptors (Lipinski definition) is 10. The highest BCUT2D eigenvalue weighted by Crippen LogP contribution is 2.16. The van der Waals surface area contributed by atoms with Crippen molar-refractivity contribution >= 4 is 5.82 Å². The number of nitrogens with zero attached hydrogens (tertiary/aromatic N) is 3. The van der Waals surface area contributed by atoms with E-state index in [1.165, 1.54) is 6.20 Å². The summed E-state index contributed by atoms with van der Waals surface area (Å²) in [5.41, 5.74) is 0. The van der Waals surface area contributed by atoms with Crippen LogP contribution in [0.5, 0.6) is 0 Å². The van der Waals surface area contributed by atoms with Gasteiger partial charge in [-0.1, -0.05) is 4.68 Å². The molecule has 2 rings (SSSR count). The van der Waals surface area contributed by atoms with Crippen LogP contribution in [0.25, 0.3) is 0 Å². The first-order chi connectivity index (χ1) is 12.3. The number of aliphatic hydroxyl groups is 6. The van der Waals surface area contributed by atoms with E-state index in [-0.39, 0.29) is 0 Å². The van der Waals surface area contributed by atoms with Crippen molar-refractivity contribution in [2.75, 3.05) is 44.4 Å². The summed E-state index contributed by atoms with van der Waals surface area (Å²) in [7, 11) is 0. The Balaban J connectivity index is 0.000000265. The number of anilines is 1. The topological polar surface area (TPSA) is 182 Å². The highest BCUT2D eigenvalue weighted by atomic mass is 16.7. The van der Waals surface area contributed by atoms with Gasteiger partial charge in [0.05, 0.1) is 32.6 Å². The van der Waals surface area contributed by atoms with E-state index in [1.54, 1.807) is 12.1 Å². The van der Waals surface area contributed by atoms with Crippen molar-refractivity contribution in [2.24, 2.45) is 0 Å². The molecule has 0 saturated carbocycles. The van der Waals surface area contributed by atoms with Crippen LogP contribution in [0, 0.1) is 10.1 Å². The molecule has 1 aromatic heterocycles. The molecule has 0 radical (unpaired) electrons. The summed E-state index contributed by atoms with van der Waals surface area (Å²) in [6.45, 7) is 1.22. The van der Waals surface area contributed by atoms with Gasteiger partial charge in [0.25, 0.3) is 0 Å². The number of morpholine rings is 1. The molecule has 4 atom stereocenters. The van der Waals surface area contributed by atoms with E-state index in [0.29, 0.717) is 32.1 Å². The highest BCUT2D eigenvalue weighted by Gasteiger charge is 2.29. The molecule has 1 aliphatic heterocycles. The summed E-state index contributed by atoms with van der Waals surface area (Å²) in [6, 6.07) is 3.42. The normalized spacial score (nSPS) is 19.1. The van der Waals surface area contributed by atoms with E-state index in [1.807, 2.05) is 4.90 Å². The third-order valence-corrected chi connectivity index (χ3v) is 3.73. The van der Waals surface area contributed by atoms with Gasteiger partial charge in [0.2, 0.25) is 0 Å². The Labute approximate surface area is 149 Å². The molecule has 0 spiro atoms. The smallest absolute Gasteiger partial charge is 0.176 e. The lowest BCUT2D eigenvalue weighted by atomic mass is 10.0. The molecule has 0 aromatic carbocycles. The average Bonchev–Trinajstić information content (AvgIpc) is 3.17. The molecule has 1 fully saturated rings. The number of hydrogen-bond donors (Lipinski definition) is 6. The molecular formula is C14H25N3O9. The number of ether oxygens (including phenoxy) is 1. The molecule has 1 aromatic rings. The highest BCUT2D eigenvalue weighted by molar-refractivity contribution is 5.39. The quantitative estimate of drug-likeness (QED) is 0.208. The van der Waals surface area contributed by atoms with Crippen molar-refractivity contribution in [3.8, 4) is 0 Å². The van der Waals surface area contributed by atoms with Crippen LogP contribution in [0.3, 0.4) is 0 Å². The summed E-state index contributed by atoms with van der Waals surface area (Å²) in [4.78, 5) is 12.6. The number of aromatic nitrogens is 1. The van der Waals surface area contributed by atoms with Gasteiger partial charge in [0, 0.05) is 13.1 Å². The molecule has 0 aliphatic carbocycles. The molecule has 150 valence electrons. The summed E-state index contributed by atoms with van der Waals surface area (Å²) in [5, 5.41) is 62.4. The van der Waals surface area contributed by atoms with Gasteiger partial charge in [-0.25, -0.2) is 10.1 Å². The maximum atomic E-state index is 10.6. The van der Waals surface area contributed by atoms with Crippen LogP contribution in [-0.2, 0) is 4.74 Å². The third-order valence-electron chi connectivity index (χ3n) is 3.73. The lowest BCUT2D eigenvalue weighted by Gasteiger charge is -2.27. The summed E-state index contributed by atoms with van der Waals surface area (Å²) < 4.78 is 6.21. The van der Waals surface area contributed by atoms with E-state index in [0.717, 1.165) is 4.68 Å². The van der Waals surface area contributed by atoms with Gasteiger partial charge in [-0.3, -0.25) is 0 Å². The zero-order valence-corrected chi connectivity index (χ0v) is 14.0. The van der Waals surface area contributed by atoms with Crippen LogP contribution in [-0.4, -0.2) is 104 Å². The van der Waals surface area contributed by atoms with Crippen LogP contribution in [0.1, 0.15) is 0 Å². The van der Waals surface area contributed by atoms with Crippen LogP contribution in [0.2, 0.25) is 0 Å². The molecule has 0 bridgehead atoms. The van der Waals surface area contributed by atoms with Gasteiger partial charge in [0.15, 0.2) is 10.9 Å². The van der Waals surface area contributed by atoms with Crippen molar-refractivity contribution in [2.45, 2.75) is 24.4 Å². The molecule has 12 heteroatoms. The zero-order valence-electron chi connectivity index (χ0n) is 14.0. The van der Waals surface area contributed by atoms with E-state index in [4.69, 9.17) is 35.4 Å². The molecule has 0 amide bonds. The fourth-order valence-electron chi connectivity index (χ4n) is 2.22. The first-order valence-electron chi connectivity index (χ1n) is 7.92. The summed E-state index contributed by atoms with van der Waals surface area (Å²) in [6.07, 6.45) is -4.94. The van der Waals surface area contributed by atoms with E-state index in [2.05, 4.69) is 0 Å². The van der Waals surface area contributed by atoms with Gasteiger partial charge in [-0.15, -0.1) is 0 Å². The molecule has 12 nitrogen and oxygen atoms in total. The fraction of sp³-hybridized carbons (Fsp3) is 0.714. The lowest BCUT2D eigenvalue weighted by Crippen LogP contribution is -2.46. The molecule has 2 heterocycles. The van der Waals surface area contributed by atoms with Gasteiger partial charge in [0.1, 0.15) is 24.4 Å². The SMILES string of the molecule is O=[N+]([O-])n1cccc1N1CCOCC1.OC[C@@H](O)[C@@H](O)[C@H](O)[C@H](O)CO. The Hall–Kier alpha value is -1.80. The first kappa shape index (κ1) is 22.2. The van der Waals surface area contributed by atoms with Crippen molar-refractivity contribution in [3.05, 3.63) is 28.4 Å². The Morgan fingerprint density at radius 1 is 1.08 bits per heavy atom. The van der Waals surface area contributed by atoms with Crippen molar-refractivity contribution in [3.63, 3.8) is 0 Å². The van der Waals surface area contributed by atoms with E-state index < -0.39 is 42.7 Å². The standard InChI is InChI=1S/C8H11N3O3.C6H14O6/c12-11(13)10-3-1-2-8(10)9-4-6-14-7-5-9;7-1-3(9)5(11)6(12)4(10)2-8/h1-3H,4-7H2;3-12H,1-2H2/t;3-,4-,5-,6-/m.1/s1. The number of nitro groups is 1. The van der Waals surface area contributed by atoms with Crippen molar-refractivity contribution in [1.29, 1.82) is 0 Å². The van der Waals surface area contributed by atoms with Gasteiger partial charge < -0.3 is 40.3 Å². The number of rotatable bonds is 7. The maximum Gasteiger partial charge on any atom is 0.176 e. The first-order valence-corrected chi connectivity index (χ1v) is 7.92. The Morgan fingerprint density at radius 2 is 1.58 bits per heavy atom. The number of aliphatic hydroxyl groups excluding tert-OH is 6. The van der Waals surface area contributed by atoms with Crippen molar-refractivity contribution < 1.29 is 40.4 Å². The Morgan fingerprint density at radius 3 is 2.00 bits per heavy atom. The summed E-state index contributed by atoms with van der Waals surface area (Å²) >= 11 is 0. The maximum absolute atomic E-state index is 10.6. The van der Waals surface area contributed by atoms with Crippen LogP contribution in [0.15, 0.2) is 18.3 Å². The average molecular weight is 379 g/mol. The lowest BCUT2D eigenvalue weighted by molar-refractivity contribution is -0.540. The minimum Gasteiger partial charge on any atom is -0.394 e. The van der Waals surface area contributed by atoms with Crippen LogP contribution in [0.4, 0.5) is 5.82 Å².